The average Bonchev–Trinajstić information content (AvgIpc) is 2.82. The maximum atomic E-state index is 12.1. The molecule has 2 atom stereocenters. The average molecular weight is 260 g/mol. The highest BCUT2D eigenvalue weighted by atomic mass is 32.2. The fourth-order valence-electron chi connectivity index (χ4n) is 2.87. The smallest absolute Gasteiger partial charge is 0.214 e. The number of hydrogen-bond acceptors (Lipinski definition) is 3. The topological polar surface area (TPSA) is 58.2 Å². The molecule has 17 heavy (non-hydrogen) atoms. The van der Waals surface area contributed by atoms with Gasteiger partial charge in [0, 0.05) is 6.54 Å². The van der Waals surface area contributed by atoms with Crippen LogP contribution in [0.3, 0.4) is 0 Å². The first-order chi connectivity index (χ1) is 8.09. The lowest BCUT2D eigenvalue weighted by Crippen LogP contribution is -2.44. The Labute approximate surface area is 105 Å². The third kappa shape index (κ3) is 3.42. The first-order valence-electron chi connectivity index (χ1n) is 6.79. The molecule has 0 amide bonds. The van der Waals surface area contributed by atoms with Gasteiger partial charge < -0.3 is 5.32 Å². The summed E-state index contributed by atoms with van der Waals surface area (Å²) in [5.41, 5.74) is 0. The number of rotatable bonds is 4. The summed E-state index contributed by atoms with van der Waals surface area (Å²) in [6.07, 6.45) is 4.96. The Bertz CT molecular complexity index is 336. The highest BCUT2D eigenvalue weighted by Gasteiger charge is 2.30. The van der Waals surface area contributed by atoms with Crippen LogP contribution in [-0.4, -0.2) is 33.3 Å². The van der Waals surface area contributed by atoms with E-state index in [1.807, 2.05) is 0 Å². The predicted octanol–water partition coefficient (Wildman–Crippen LogP) is 1.09. The van der Waals surface area contributed by atoms with Crippen molar-refractivity contribution in [2.45, 2.75) is 44.3 Å². The predicted molar refractivity (Wildman–Crippen MR) is 69.3 cm³/mol. The third-order valence-corrected chi connectivity index (χ3v) is 6.19. The Balaban J connectivity index is 1.84. The molecule has 2 unspecified atom stereocenters. The van der Waals surface area contributed by atoms with Crippen molar-refractivity contribution in [3.05, 3.63) is 0 Å². The molecule has 4 nitrogen and oxygen atoms in total. The standard InChI is InChI=1S/C12H24N2O2S/c1-10-6-7-13-8-11(10)9-14-17(15,16)12-4-2-3-5-12/h10-14H,2-9H2,1H3. The number of nitrogens with one attached hydrogen (secondary N) is 2. The van der Waals surface area contributed by atoms with Crippen LogP contribution in [0.5, 0.6) is 0 Å². The molecular weight excluding hydrogens is 236 g/mol. The Hall–Kier alpha value is -0.130. The van der Waals surface area contributed by atoms with Crippen LogP contribution in [0.25, 0.3) is 0 Å². The molecule has 2 aliphatic rings. The summed E-state index contributed by atoms with van der Waals surface area (Å²) < 4.78 is 26.9. The van der Waals surface area contributed by atoms with Gasteiger partial charge in [-0.3, -0.25) is 0 Å². The van der Waals surface area contributed by atoms with E-state index in [2.05, 4.69) is 17.0 Å². The van der Waals surface area contributed by atoms with Gasteiger partial charge in [0.05, 0.1) is 5.25 Å². The highest BCUT2D eigenvalue weighted by Crippen LogP contribution is 2.24. The molecule has 0 aromatic carbocycles. The van der Waals surface area contributed by atoms with Gasteiger partial charge in [-0.2, -0.15) is 0 Å². The zero-order valence-corrected chi connectivity index (χ0v) is 11.4. The fourth-order valence-corrected chi connectivity index (χ4v) is 4.50. The van der Waals surface area contributed by atoms with Crippen molar-refractivity contribution in [2.24, 2.45) is 11.8 Å². The van der Waals surface area contributed by atoms with Gasteiger partial charge in [0.15, 0.2) is 0 Å². The Morgan fingerprint density at radius 3 is 2.59 bits per heavy atom. The van der Waals surface area contributed by atoms with E-state index >= 15 is 0 Å². The number of hydrogen-bond donors (Lipinski definition) is 2. The van der Waals surface area contributed by atoms with E-state index in [1.165, 1.54) is 0 Å². The summed E-state index contributed by atoms with van der Waals surface area (Å²) in [6.45, 7) is 4.82. The van der Waals surface area contributed by atoms with Gasteiger partial charge in [0.1, 0.15) is 0 Å². The lowest BCUT2D eigenvalue weighted by atomic mass is 9.88. The van der Waals surface area contributed by atoms with Gasteiger partial charge in [-0.15, -0.1) is 0 Å². The Morgan fingerprint density at radius 1 is 1.24 bits per heavy atom. The number of piperidine rings is 1. The SMILES string of the molecule is CC1CCNCC1CNS(=O)(=O)C1CCCC1. The molecule has 0 radical (unpaired) electrons. The van der Waals surface area contributed by atoms with Crippen LogP contribution in [0.2, 0.25) is 0 Å². The molecule has 5 heteroatoms. The van der Waals surface area contributed by atoms with Crippen LogP contribution in [0.15, 0.2) is 0 Å². The lowest BCUT2D eigenvalue weighted by molar-refractivity contribution is 0.275. The maximum Gasteiger partial charge on any atom is 0.214 e. The van der Waals surface area contributed by atoms with Gasteiger partial charge in [0.2, 0.25) is 10.0 Å². The van der Waals surface area contributed by atoms with Crippen LogP contribution >= 0.6 is 0 Å². The molecule has 0 aromatic rings. The summed E-state index contributed by atoms with van der Waals surface area (Å²) in [5.74, 6) is 1.06. The van der Waals surface area contributed by atoms with Gasteiger partial charge in [-0.25, -0.2) is 13.1 Å². The second-order valence-corrected chi connectivity index (χ2v) is 7.58. The van der Waals surface area contributed by atoms with Crippen molar-refractivity contribution in [3.63, 3.8) is 0 Å². The van der Waals surface area contributed by atoms with Gasteiger partial charge in [-0.05, 0) is 44.2 Å². The minimum Gasteiger partial charge on any atom is -0.316 e. The molecular formula is C12H24N2O2S. The molecule has 1 aliphatic carbocycles. The maximum absolute atomic E-state index is 12.1. The second kappa shape index (κ2) is 5.67. The third-order valence-electron chi connectivity index (χ3n) is 4.28. The van der Waals surface area contributed by atoms with Crippen LogP contribution in [-0.2, 0) is 10.0 Å². The summed E-state index contributed by atoms with van der Waals surface area (Å²) in [5, 5.41) is 3.21. The molecule has 1 saturated carbocycles. The van der Waals surface area contributed by atoms with E-state index in [9.17, 15) is 8.42 Å². The summed E-state index contributed by atoms with van der Waals surface area (Å²) in [4.78, 5) is 0. The Kier molecular flexibility index (Phi) is 4.44. The van der Waals surface area contributed by atoms with Crippen molar-refractivity contribution in [1.82, 2.24) is 10.0 Å². The fraction of sp³-hybridized carbons (Fsp3) is 1.00. The first kappa shape index (κ1) is 13.3. The monoisotopic (exact) mass is 260 g/mol. The van der Waals surface area contributed by atoms with Crippen LogP contribution in [0.1, 0.15) is 39.0 Å². The molecule has 2 N–H and O–H groups in total. The quantitative estimate of drug-likeness (QED) is 0.795. The minimum atomic E-state index is -3.06. The van der Waals surface area contributed by atoms with Crippen LogP contribution < -0.4 is 10.0 Å². The molecule has 2 rings (SSSR count). The van der Waals surface area contributed by atoms with Crippen molar-refractivity contribution in [3.8, 4) is 0 Å². The molecule has 2 fully saturated rings. The highest BCUT2D eigenvalue weighted by molar-refractivity contribution is 7.90. The zero-order chi connectivity index (χ0) is 12.3. The van der Waals surface area contributed by atoms with Crippen molar-refractivity contribution >= 4 is 10.0 Å². The molecule has 0 bridgehead atoms. The van der Waals surface area contributed by atoms with Gasteiger partial charge >= 0.3 is 0 Å². The van der Waals surface area contributed by atoms with Gasteiger partial charge in [0.25, 0.3) is 0 Å². The molecule has 1 aliphatic heterocycles. The molecule has 1 heterocycles. The van der Waals surface area contributed by atoms with Crippen molar-refractivity contribution in [2.75, 3.05) is 19.6 Å². The van der Waals surface area contributed by atoms with E-state index < -0.39 is 10.0 Å². The molecule has 100 valence electrons. The van der Waals surface area contributed by atoms with Crippen LogP contribution in [0.4, 0.5) is 0 Å². The Morgan fingerprint density at radius 2 is 1.94 bits per heavy atom. The van der Waals surface area contributed by atoms with Gasteiger partial charge in [-0.1, -0.05) is 19.8 Å². The summed E-state index contributed by atoms with van der Waals surface area (Å²) >= 11 is 0. The van der Waals surface area contributed by atoms with Crippen molar-refractivity contribution < 1.29 is 8.42 Å². The molecule has 1 saturated heterocycles. The van der Waals surface area contributed by atoms with E-state index in [0.29, 0.717) is 18.4 Å². The molecule has 0 aromatic heterocycles. The van der Waals surface area contributed by atoms with E-state index in [-0.39, 0.29) is 5.25 Å². The first-order valence-corrected chi connectivity index (χ1v) is 8.33. The molecule has 0 spiro atoms. The largest absolute Gasteiger partial charge is 0.316 e. The minimum absolute atomic E-state index is 0.130. The zero-order valence-electron chi connectivity index (χ0n) is 10.6. The van der Waals surface area contributed by atoms with Crippen molar-refractivity contribution in [1.29, 1.82) is 0 Å². The second-order valence-electron chi connectivity index (χ2n) is 5.53. The lowest BCUT2D eigenvalue weighted by Gasteiger charge is -2.29. The number of sulfonamides is 1. The van der Waals surface area contributed by atoms with Crippen LogP contribution in [0, 0.1) is 11.8 Å². The normalized spacial score (nSPS) is 31.8. The summed E-state index contributed by atoms with van der Waals surface area (Å²) in [7, 11) is -3.06. The van der Waals surface area contributed by atoms with E-state index in [0.717, 1.165) is 45.2 Å². The summed E-state index contributed by atoms with van der Waals surface area (Å²) in [6, 6.07) is 0. The van der Waals surface area contributed by atoms with E-state index in [1.54, 1.807) is 0 Å². The van der Waals surface area contributed by atoms with E-state index in [4.69, 9.17) is 0 Å².